The highest BCUT2D eigenvalue weighted by molar-refractivity contribution is 5.90. The normalized spacial score (nSPS) is 14.8. The van der Waals surface area contributed by atoms with Crippen LogP contribution >= 0.6 is 0 Å². The van der Waals surface area contributed by atoms with Crippen LogP contribution in [0.15, 0.2) is 66.7 Å². The second kappa shape index (κ2) is 11.7. The first-order valence-electron chi connectivity index (χ1n) is 12.4. The molecule has 6 nitrogen and oxygen atoms in total. The molecule has 1 atom stereocenters. The lowest BCUT2D eigenvalue weighted by molar-refractivity contribution is -0.142. The fourth-order valence-corrected chi connectivity index (χ4v) is 4.66. The number of nitrogens with zero attached hydrogens (tertiary/aromatic N) is 1. The Balaban J connectivity index is 1.51. The summed E-state index contributed by atoms with van der Waals surface area (Å²) >= 11 is 0. The zero-order valence-electron chi connectivity index (χ0n) is 20.5. The summed E-state index contributed by atoms with van der Waals surface area (Å²) in [6, 6.07) is 20.8. The predicted octanol–water partition coefficient (Wildman–Crippen LogP) is 5.09. The Kier molecular flexibility index (Phi) is 8.24. The van der Waals surface area contributed by atoms with Crippen LogP contribution in [-0.2, 0) is 16.1 Å². The maximum absolute atomic E-state index is 13.4. The summed E-state index contributed by atoms with van der Waals surface area (Å²) in [6.07, 6.45) is 5.46. The van der Waals surface area contributed by atoms with E-state index in [-0.39, 0.29) is 31.0 Å². The standard InChI is InChI=1S/C29H34N2O4/c1-21(29(33)30-24-13-4-3-5-14-24)31(19-22-10-8-15-25(18-22)34-2)28(32)20-35-27-17-9-12-23-11-6-7-16-26(23)27/h6-12,15-18,21,24H,3-5,13-14,19-20H2,1-2H3,(H,30,33)/t21-/m1/s1. The maximum atomic E-state index is 13.4. The highest BCUT2D eigenvalue weighted by Crippen LogP contribution is 2.25. The minimum atomic E-state index is -0.633. The van der Waals surface area contributed by atoms with E-state index in [1.807, 2.05) is 66.7 Å². The van der Waals surface area contributed by atoms with Gasteiger partial charge in [-0.3, -0.25) is 9.59 Å². The van der Waals surface area contributed by atoms with E-state index in [0.29, 0.717) is 11.5 Å². The van der Waals surface area contributed by atoms with Crippen LogP contribution in [0.2, 0.25) is 0 Å². The number of ether oxygens (including phenoxy) is 2. The van der Waals surface area contributed by atoms with Crippen LogP contribution < -0.4 is 14.8 Å². The minimum Gasteiger partial charge on any atom is -0.497 e. The second-order valence-corrected chi connectivity index (χ2v) is 9.16. The quantitative estimate of drug-likeness (QED) is 0.469. The van der Waals surface area contributed by atoms with Gasteiger partial charge in [-0.15, -0.1) is 0 Å². The smallest absolute Gasteiger partial charge is 0.261 e. The number of nitrogens with one attached hydrogen (secondary N) is 1. The number of benzene rings is 3. The SMILES string of the molecule is COc1cccc(CN(C(=O)COc2cccc3ccccc23)[C@H](C)C(=O)NC2CCCCC2)c1. The Morgan fingerprint density at radius 2 is 1.74 bits per heavy atom. The van der Waals surface area contributed by atoms with E-state index < -0.39 is 6.04 Å². The summed E-state index contributed by atoms with van der Waals surface area (Å²) in [4.78, 5) is 28.2. The van der Waals surface area contributed by atoms with Gasteiger partial charge in [-0.1, -0.05) is 67.8 Å². The zero-order chi connectivity index (χ0) is 24.6. The molecule has 184 valence electrons. The molecule has 0 radical (unpaired) electrons. The lowest BCUT2D eigenvalue weighted by Crippen LogP contribution is -2.51. The molecule has 6 heteroatoms. The van der Waals surface area contributed by atoms with Crippen LogP contribution in [0.25, 0.3) is 10.8 Å². The van der Waals surface area contributed by atoms with E-state index >= 15 is 0 Å². The van der Waals surface area contributed by atoms with Crippen molar-refractivity contribution in [3.63, 3.8) is 0 Å². The summed E-state index contributed by atoms with van der Waals surface area (Å²) in [7, 11) is 1.61. The molecule has 0 aromatic heterocycles. The van der Waals surface area contributed by atoms with Crippen LogP contribution in [0.1, 0.15) is 44.6 Å². The molecule has 3 aromatic rings. The van der Waals surface area contributed by atoms with Crippen LogP contribution in [0.3, 0.4) is 0 Å². The van der Waals surface area contributed by atoms with E-state index in [4.69, 9.17) is 9.47 Å². The monoisotopic (exact) mass is 474 g/mol. The molecule has 0 heterocycles. The third-order valence-electron chi connectivity index (χ3n) is 6.71. The highest BCUT2D eigenvalue weighted by Gasteiger charge is 2.28. The van der Waals surface area contributed by atoms with Crippen molar-refractivity contribution in [2.24, 2.45) is 0 Å². The van der Waals surface area contributed by atoms with Crippen LogP contribution in [0.5, 0.6) is 11.5 Å². The van der Waals surface area contributed by atoms with E-state index in [9.17, 15) is 9.59 Å². The van der Waals surface area contributed by atoms with Gasteiger partial charge >= 0.3 is 0 Å². The van der Waals surface area contributed by atoms with Gasteiger partial charge in [0.25, 0.3) is 5.91 Å². The number of carbonyl (C=O) groups is 2. The lowest BCUT2D eigenvalue weighted by Gasteiger charge is -2.31. The number of fused-ring (bicyclic) bond motifs is 1. The minimum absolute atomic E-state index is 0.127. The van der Waals surface area contributed by atoms with Gasteiger partial charge in [0.2, 0.25) is 5.91 Å². The van der Waals surface area contributed by atoms with Gasteiger partial charge in [0, 0.05) is 18.0 Å². The molecule has 0 aliphatic heterocycles. The Morgan fingerprint density at radius 1 is 1.00 bits per heavy atom. The fourth-order valence-electron chi connectivity index (χ4n) is 4.66. The molecule has 0 bridgehead atoms. The molecular formula is C29H34N2O4. The summed E-state index contributed by atoms with van der Waals surface area (Å²) in [5.74, 6) is 0.990. The van der Waals surface area contributed by atoms with Crippen molar-refractivity contribution >= 4 is 22.6 Å². The van der Waals surface area contributed by atoms with Crippen molar-refractivity contribution in [1.29, 1.82) is 0 Å². The number of amides is 2. The molecule has 3 aromatic carbocycles. The Morgan fingerprint density at radius 3 is 2.54 bits per heavy atom. The molecule has 1 aliphatic rings. The van der Waals surface area contributed by atoms with E-state index in [1.54, 1.807) is 18.9 Å². The van der Waals surface area contributed by atoms with Crippen LogP contribution in [0.4, 0.5) is 0 Å². The first-order valence-corrected chi connectivity index (χ1v) is 12.4. The average Bonchev–Trinajstić information content (AvgIpc) is 2.90. The van der Waals surface area contributed by atoms with E-state index in [1.165, 1.54) is 6.42 Å². The molecule has 1 fully saturated rings. The molecule has 2 amide bonds. The molecule has 1 aliphatic carbocycles. The van der Waals surface area contributed by atoms with Gasteiger partial charge in [0.05, 0.1) is 7.11 Å². The van der Waals surface area contributed by atoms with Crippen molar-refractivity contribution in [2.75, 3.05) is 13.7 Å². The van der Waals surface area contributed by atoms with Gasteiger partial charge in [-0.05, 0) is 48.9 Å². The fraction of sp³-hybridized carbons (Fsp3) is 0.379. The van der Waals surface area contributed by atoms with Crippen molar-refractivity contribution in [1.82, 2.24) is 10.2 Å². The topological polar surface area (TPSA) is 67.9 Å². The lowest BCUT2D eigenvalue weighted by atomic mass is 9.95. The molecule has 0 unspecified atom stereocenters. The Bertz CT molecular complexity index is 1150. The molecule has 0 spiro atoms. The maximum Gasteiger partial charge on any atom is 0.261 e. The highest BCUT2D eigenvalue weighted by atomic mass is 16.5. The summed E-state index contributed by atoms with van der Waals surface area (Å²) in [6.45, 7) is 1.92. The number of carbonyl (C=O) groups excluding carboxylic acids is 2. The largest absolute Gasteiger partial charge is 0.497 e. The van der Waals surface area contributed by atoms with E-state index in [2.05, 4.69) is 5.32 Å². The summed E-state index contributed by atoms with van der Waals surface area (Å²) < 4.78 is 11.3. The van der Waals surface area contributed by atoms with Gasteiger partial charge in [-0.25, -0.2) is 0 Å². The van der Waals surface area contributed by atoms with Crippen molar-refractivity contribution in [3.05, 3.63) is 72.3 Å². The van der Waals surface area contributed by atoms with Gasteiger partial charge in [0.15, 0.2) is 6.61 Å². The molecule has 4 rings (SSSR count). The van der Waals surface area contributed by atoms with Crippen LogP contribution in [-0.4, -0.2) is 42.5 Å². The summed E-state index contributed by atoms with van der Waals surface area (Å²) in [5, 5.41) is 5.16. The van der Waals surface area contributed by atoms with Crippen molar-refractivity contribution < 1.29 is 19.1 Å². The van der Waals surface area contributed by atoms with Crippen molar-refractivity contribution in [3.8, 4) is 11.5 Å². The number of rotatable bonds is 9. The van der Waals surface area contributed by atoms with Crippen LogP contribution in [0, 0.1) is 0 Å². The van der Waals surface area contributed by atoms with Gasteiger partial charge < -0.3 is 19.7 Å². The second-order valence-electron chi connectivity index (χ2n) is 9.16. The Hall–Kier alpha value is -3.54. The van der Waals surface area contributed by atoms with Gasteiger partial charge in [-0.2, -0.15) is 0 Å². The number of methoxy groups -OCH3 is 1. The molecular weight excluding hydrogens is 440 g/mol. The third kappa shape index (κ3) is 6.32. The Labute approximate surface area is 207 Å². The zero-order valence-corrected chi connectivity index (χ0v) is 20.5. The third-order valence-corrected chi connectivity index (χ3v) is 6.71. The molecule has 35 heavy (non-hydrogen) atoms. The molecule has 1 N–H and O–H groups in total. The predicted molar refractivity (Wildman–Crippen MR) is 137 cm³/mol. The van der Waals surface area contributed by atoms with Gasteiger partial charge in [0.1, 0.15) is 17.5 Å². The summed E-state index contributed by atoms with van der Waals surface area (Å²) in [5.41, 5.74) is 0.889. The van der Waals surface area contributed by atoms with Crippen molar-refractivity contribution in [2.45, 2.75) is 57.7 Å². The number of hydrogen-bond donors (Lipinski definition) is 1. The molecule has 0 saturated heterocycles. The average molecular weight is 475 g/mol. The number of hydrogen-bond acceptors (Lipinski definition) is 4. The van der Waals surface area contributed by atoms with E-state index in [0.717, 1.165) is 42.0 Å². The molecule has 1 saturated carbocycles. The first kappa shape index (κ1) is 24.6. The first-order chi connectivity index (χ1) is 17.0.